The number of Topliss-reactive ketones (excluding diaryl/α,β-unsaturated/α-hetero) is 1. The van der Waals surface area contributed by atoms with Gasteiger partial charge in [-0.05, 0) is 49.1 Å². The van der Waals surface area contributed by atoms with E-state index in [1.807, 2.05) is 40.0 Å². The maximum absolute atomic E-state index is 13.7. The van der Waals surface area contributed by atoms with E-state index in [-0.39, 0.29) is 22.7 Å². The third kappa shape index (κ3) is 3.91. The molecule has 1 aromatic carbocycles. The number of carbonyl (C=O) groups excluding carboxylic acids is 1. The highest BCUT2D eigenvalue weighted by atomic mass is 32.2. The van der Waals surface area contributed by atoms with E-state index in [0.29, 0.717) is 29.7 Å². The number of nitrogens with two attached hydrogens (primary N) is 1. The molecule has 2 N–H and O–H groups in total. The second kappa shape index (κ2) is 8.60. The lowest BCUT2D eigenvalue weighted by atomic mass is 9.69. The molecule has 1 aromatic heterocycles. The second-order valence-electron chi connectivity index (χ2n) is 9.51. The van der Waals surface area contributed by atoms with Crippen molar-refractivity contribution in [3.63, 3.8) is 0 Å². The molecule has 4 rings (SSSR count). The number of allylic oxidation sites excluding steroid dienone is 3. The Balaban J connectivity index is 2.06. The highest BCUT2D eigenvalue weighted by molar-refractivity contribution is 8.00. The molecule has 2 aliphatic rings. The number of carbonyl (C=O) groups is 1. The Morgan fingerprint density at radius 3 is 2.62 bits per heavy atom. The molecule has 0 radical (unpaired) electrons. The second-order valence-corrected chi connectivity index (χ2v) is 11.8. The van der Waals surface area contributed by atoms with E-state index in [2.05, 4.69) is 6.07 Å². The van der Waals surface area contributed by atoms with E-state index in [9.17, 15) is 20.2 Å². The minimum atomic E-state index is -0.550. The zero-order valence-corrected chi connectivity index (χ0v) is 21.4. The Morgan fingerprint density at radius 2 is 2.00 bits per heavy atom. The van der Waals surface area contributed by atoms with Crippen LogP contribution in [-0.2, 0) is 4.79 Å². The summed E-state index contributed by atoms with van der Waals surface area (Å²) >= 11 is 3.23. The number of thiophene rings is 1. The Morgan fingerprint density at radius 1 is 1.29 bits per heavy atom. The van der Waals surface area contributed by atoms with Gasteiger partial charge in [-0.2, -0.15) is 5.26 Å². The quantitative estimate of drug-likeness (QED) is 0.318. The van der Waals surface area contributed by atoms with E-state index < -0.39 is 10.8 Å². The van der Waals surface area contributed by atoms with E-state index in [1.54, 1.807) is 34.1 Å². The molecule has 0 saturated carbocycles. The van der Waals surface area contributed by atoms with Crippen molar-refractivity contribution in [1.29, 1.82) is 5.26 Å². The molecule has 0 spiro atoms. The lowest BCUT2D eigenvalue weighted by molar-refractivity contribution is -0.384. The van der Waals surface area contributed by atoms with Gasteiger partial charge in [0.2, 0.25) is 0 Å². The van der Waals surface area contributed by atoms with Crippen molar-refractivity contribution >= 4 is 40.3 Å². The van der Waals surface area contributed by atoms with Crippen LogP contribution in [0.15, 0.2) is 51.1 Å². The minimum Gasteiger partial charge on any atom is -0.384 e. The zero-order chi connectivity index (χ0) is 24.9. The van der Waals surface area contributed by atoms with Crippen molar-refractivity contribution in [1.82, 2.24) is 0 Å². The summed E-state index contributed by atoms with van der Waals surface area (Å²) < 4.78 is 1.05. The fourth-order valence-corrected chi connectivity index (χ4v) is 6.83. The Kier molecular flexibility index (Phi) is 6.08. The van der Waals surface area contributed by atoms with Gasteiger partial charge in [-0.25, -0.2) is 0 Å². The summed E-state index contributed by atoms with van der Waals surface area (Å²) in [5.74, 6) is -0.344. The number of aryl methyl sites for hydroxylation is 2. The molecule has 1 aliphatic carbocycles. The summed E-state index contributed by atoms with van der Waals surface area (Å²) in [4.78, 5) is 27.5. The SMILES string of the molecule is CSc1sc(C)cc1[C@H]1C(C#N)=C(N)N(c2cc([N+](=O)[O-])ccc2C)C2=C1C(=O)CC(C)(C)C2. The van der Waals surface area contributed by atoms with Crippen molar-refractivity contribution in [2.45, 2.75) is 50.7 Å². The predicted molar refractivity (Wildman–Crippen MR) is 136 cm³/mol. The maximum atomic E-state index is 13.7. The van der Waals surface area contributed by atoms with Crippen LogP contribution in [-0.4, -0.2) is 17.0 Å². The number of nitriles is 1. The summed E-state index contributed by atoms with van der Waals surface area (Å²) in [6.07, 6.45) is 2.90. The van der Waals surface area contributed by atoms with Gasteiger partial charge in [0.05, 0.1) is 32.4 Å². The van der Waals surface area contributed by atoms with Gasteiger partial charge in [0.25, 0.3) is 5.69 Å². The molecule has 1 atom stereocenters. The van der Waals surface area contributed by atoms with Gasteiger partial charge in [-0.3, -0.25) is 19.8 Å². The van der Waals surface area contributed by atoms with Crippen molar-refractivity contribution < 1.29 is 9.72 Å². The Hall–Kier alpha value is -3.09. The number of nitro groups is 1. The lowest BCUT2D eigenvalue weighted by Gasteiger charge is -2.44. The first-order chi connectivity index (χ1) is 16.0. The smallest absolute Gasteiger partial charge is 0.271 e. The summed E-state index contributed by atoms with van der Waals surface area (Å²) in [5.41, 5.74) is 10.1. The van der Waals surface area contributed by atoms with E-state index in [1.165, 1.54) is 12.1 Å². The molecular weight excluding hydrogens is 468 g/mol. The highest BCUT2D eigenvalue weighted by Gasteiger charge is 2.45. The fourth-order valence-electron chi connectivity index (χ4n) is 4.92. The van der Waals surface area contributed by atoms with Crippen molar-refractivity contribution in [2.75, 3.05) is 11.2 Å². The molecule has 0 amide bonds. The molecule has 0 unspecified atom stereocenters. The number of anilines is 1. The molecule has 9 heteroatoms. The van der Waals surface area contributed by atoms with Gasteiger partial charge >= 0.3 is 0 Å². The third-order valence-electron chi connectivity index (χ3n) is 6.37. The molecule has 0 fully saturated rings. The molecular formula is C25H26N4O3S2. The van der Waals surface area contributed by atoms with Crippen LogP contribution in [0.25, 0.3) is 0 Å². The Labute approximate surface area is 207 Å². The Bertz CT molecular complexity index is 1330. The molecule has 2 heterocycles. The molecule has 176 valence electrons. The fraction of sp³-hybridized carbons (Fsp3) is 0.360. The molecule has 7 nitrogen and oxygen atoms in total. The minimum absolute atomic E-state index is 0.0134. The standard InChI is InChI=1S/C25H26N4O3S2/c1-13-6-7-15(29(31)32)9-18(13)28-19-10-25(3,4)11-20(30)22(19)21(17(12-26)23(28)27)16-8-14(2)34-24(16)33-5/h6-9,21H,10-11,27H2,1-5H3/t21-/m0/s1. The number of nitro benzene ring substituents is 1. The first-order valence-corrected chi connectivity index (χ1v) is 12.9. The molecule has 0 saturated heterocycles. The summed E-state index contributed by atoms with van der Waals surface area (Å²) in [6.45, 7) is 7.91. The van der Waals surface area contributed by atoms with Gasteiger partial charge in [0.15, 0.2) is 5.78 Å². The van der Waals surface area contributed by atoms with Crippen LogP contribution in [0, 0.1) is 40.7 Å². The van der Waals surface area contributed by atoms with Crippen LogP contribution in [0.2, 0.25) is 0 Å². The van der Waals surface area contributed by atoms with Crippen LogP contribution >= 0.6 is 23.1 Å². The number of hydrogen-bond donors (Lipinski definition) is 1. The van der Waals surface area contributed by atoms with Gasteiger partial charge in [0.1, 0.15) is 5.82 Å². The number of benzene rings is 1. The van der Waals surface area contributed by atoms with Gasteiger partial charge in [-0.1, -0.05) is 19.9 Å². The first-order valence-electron chi connectivity index (χ1n) is 10.8. The highest BCUT2D eigenvalue weighted by Crippen LogP contribution is 2.52. The van der Waals surface area contributed by atoms with Crippen molar-refractivity contribution in [2.24, 2.45) is 11.1 Å². The third-order valence-corrected chi connectivity index (χ3v) is 8.59. The molecule has 34 heavy (non-hydrogen) atoms. The van der Waals surface area contributed by atoms with E-state index in [0.717, 1.165) is 25.9 Å². The first kappa shape index (κ1) is 24.0. The maximum Gasteiger partial charge on any atom is 0.271 e. The van der Waals surface area contributed by atoms with E-state index in [4.69, 9.17) is 5.73 Å². The number of ketones is 1. The van der Waals surface area contributed by atoms with Crippen LogP contribution in [0.1, 0.15) is 48.6 Å². The monoisotopic (exact) mass is 494 g/mol. The van der Waals surface area contributed by atoms with Gasteiger partial charge in [-0.15, -0.1) is 23.1 Å². The summed E-state index contributed by atoms with van der Waals surface area (Å²) in [7, 11) is 0. The number of thioether (sulfide) groups is 1. The lowest BCUT2D eigenvalue weighted by Crippen LogP contribution is -2.42. The van der Waals surface area contributed by atoms with Crippen LogP contribution in [0.4, 0.5) is 11.4 Å². The normalized spacial score (nSPS) is 19.8. The molecule has 0 bridgehead atoms. The summed E-state index contributed by atoms with van der Waals surface area (Å²) in [6, 6.07) is 8.90. The van der Waals surface area contributed by atoms with Gasteiger partial charge in [0, 0.05) is 34.7 Å². The number of hydrogen-bond acceptors (Lipinski definition) is 8. The number of rotatable bonds is 4. The van der Waals surface area contributed by atoms with E-state index >= 15 is 0 Å². The topological polar surface area (TPSA) is 113 Å². The van der Waals surface area contributed by atoms with Crippen LogP contribution in [0.5, 0.6) is 0 Å². The van der Waals surface area contributed by atoms with Crippen LogP contribution in [0.3, 0.4) is 0 Å². The van der Waals surface area contributed by atoms with Crippen molar-refractivity contribution in [3.8, 4) is 6.07 Å². The average Bonchev–Trinajstić information content (AvgIpc) is 3.13. The average molecular weight is 495 g/mol. The van der Waals surface area contributed by atoms with Crippen molar-refractivity contribution in [3.05, 3.63) is 73.0 Å². The largest absolute Gasteiger partial charge is 0.384 e. The molecule has 1 aliphatic heterocycles. The zero-order valence-electron chi connectivity index (χ0n) is 19.8. The predicted octanol–water partition coefficient (Wildman–Crippen LogP) is 5.94. The number of nitrogens with zero attached hydrogens (tertiary/aromatic N) is 3. The number of non-ortho nitro benzene ring substituents is 1. The molecule has 2 aromatic rings. The summed E-state index contributed by atoms with van der Waals surface area (Å²) in [5, 5.41) is 21.8. The van der Waals surface area contributed by atoms with Gasteiger partial charge < -0.3 is 5.73 Å². The van der Waals surface area contributed by atoms with Crippen LogP contribution < -0.4 is 10.6 Å².